The average molecular weight is 212 g/mol. The quantitative estimate of drug-likeness (QED) is 0.699. The number of nitrogens with one attached hydrogen (secondary N) is 2. The normalized spacial score (nSPS) is 31.5. The van der Waals surface area contributed by atoms with E-state index in [1.54, 1.807) is 0 Å². The maximum Gasteiger partial charge on any atom is 0.225 e. The summed E-state index contributed by atoms with van der Waals surface area (Å²) in [5, 5.41) is 6.33. The van der Waals surface area contributed by atoms with Crippen molar-refractivity contribution >= 4 is 5.91 Å². The van der Waals surface area contributed by atoms with Crippen LogP contribution in [-0.2, 0) is 9.53 Å². The fraction of sp³-hybridized carbons (Fsp3) is 0.909. The third-order valence-corrected chi connectivity index (χ3v) is 3.26. The van der Waals surface area contributed by atoms with Crippen LogP contribution in [0, 0.1) is 11.8 Å². The molecule has 0 aliphatic carbocycles. The Kier molecular flexibility index (Phi) is 3.97. The third kappa shape index (κ3) is 3.18. The fourth-order valence-electron chi connectivity index (χ4n) is 2.23. The lowest BCUT2D eigenvalue weighted by atomic mass is 10.0. The van der Waals surface area contributed by atoms with Gasteiger partial charge in [-0.1, -0.05) is 0 Å². The summed E-state index contributed by atoms with van der Waals surface area (Å²) in [4.78, 5) is 11.7. The Labute approximate surface area is 90.8 Å². The van der Waals surface area contributed by atoms with Gasteiger partial charge >= 0.3 is 0 Å². The van der Waals surface area contributed by atoms with E-state index in [2.05, 4.69) is 10.6 Å². The van der Waals surface area contributed by atoms with Gasteiger partial charge in [0.15, 0.2) is 0 Å². The number of hydrogen-bond donors (Lipinski definition) is 2. The fourth-order valence-corrected chi connectivity index (χ4v) is 2.23. The van der Waals surface area contributed by atoms with Crippen LogP contribution in [0.2, 0.25) is 0 Å². The van der Waals surface area contributed by atoms with E-state index >= 15 is 0 Å². The molecule has 0 spiro atoms. The van der Waals surface area contributed by atoms with Crippen LogP contribution in [0.3, 0.4) is 0 Å². The Hall–Kier alpha value is -0.610. The minimum atomic E-state index is 0.0908. The van der Waals surface area contributed by atoms with Gasteiger partial charge < -0.3 is 15.4 Å². The predicted molar refractivity (Wildman–Crippen MR) is 57.5 cm³/mol. The van der Waals surface area contributed by atoms with Crippen LogP contribution in [-0.4, -0.2) is 38.8 Å². The lowest BCUT2D eigenvalue weighted by Crippen LogP contribution is -2.38. The van der Waals surface area contributed by atoms with Crippen molar-refractivity contribution in [1.82, 2.24) is 10.6 Å². The molecular formula is C11H20N2O2. The minimum absolute atomic E-state index is 0.0908. The van der Waals surface area contributed by atoms with Gasteiger partial charge in [0, 0.05) is 13.2 Å². The Morgan fingerprint density at radius 1 is 1.47 bits per heavy atom. The second-order valence-electron chi connectivity index (χ2n) is 4.52. The molecule has 2 aliphatic rings. The number of amides is 1. The molecule has 2 N–H and O–H groups in total. The number of ether oxygens (including phenoxy) is 1. The summed E-state index contributed by atoms with van der Waals surface area (Å²) >= 11 is 0. The highest BCUT2D eigenvalue weighted by atomic mass is 16.5. The van der Waals surface area contributed by atoms with Gasteiger partial charge in [0.25, 0.3) is 0 Å². The monoisotopic (exact) mass is 212 g/mol. The molecule has 0 bridgehead atoms. The molecule has 0 aromatic carbocycles. The van der Waals surface area contributed by atoms with E-state index in [4.69, 9.17) is 4.74 Å². The van der Waals surface area contributed by atoms with Crippen molar-refractivity contribution < 1.29 is 9.53 Å². The van der Waals surface area contributed by atoms with E-state index in [1.165, 1.54) is 6.42 Å². The zero-order valence-electron chi connectivity index (χ0n) is 9.13. The molecule has 2 fully saturated rings. The van der Waals surface area contributed by atoms with Gasteiger partial charge in [0.1, 0.15) is 0 Å². The smallest absolute Gasteiger partial charge is 0.225 e. The Morgan fingerprint density at radius 3 is 3.07 bits per heavy atom. The molecule has 15 heavy (non-hydrogen) atoms. The van der Waals surface area contributed by atoms with E-state index in [-0.39, 0.29) is 11.8 Å². The molecule has 0 aromatic rings. The number of rotatable bonds is 3. The topological polar surface area (TPSA) is 50.4 Å². The number of carbonyl (C=O) groups is 1. The van der Waals surface area contributed by atoms with Gasteiger partial charge in [-0.25, -0.2) is 0 Å². The van der Waals surface area contributed by atoms with Crippen molar-refractivity contribution in [2.24, 2.45) is 11.8 Å². The number of hydrogen-bond acceptors (Lipinski definition) is 3. The predicted octanol–water partition coefficient (Wildman–Crippen LogP) is 0.139. The summed E-state index contributed by atoms with van der Waals surface area (Å²) in [6.07, 6.45) is 3.18. The molecule has 0 saturated carbocycles. The third-order valence-electron chi connectivity index (χ3n) is 3.26. The van der Waals surface area contributed by atoms with Gasteiger partial charge in [0.05, 0.1) is 12.5 Å². The SMILES string of the molecule is O=C(NCC1CCNC1)C1CCCOC1. The molecular weight excluding hydrogens is 192 g/mol. The first kappa shape index (κ1) is 10.9. The van der Waals surface area contributed by atoms with Gasteiger partial charge in [-0.2, -0.15) is 0 Å². The molecule has 2 atom stereocenters. The maximum atomic E-state index is 11.7. The van der Waals surface area contributed by atoms with Crippen molar-refractivity contribution in [2.45, 2.75) is 19.3 Å². The molecule has 0 radical (unpaired) electrons. The maximum absolute atomic E-state index is 11.7. The summed E-state index contributed by atoms with van der Waals surface area (Å²) in [6.45, 7) is 4.38. The first-order valence-electron chi connectivity index (χ1n) is 5.92. The zero-order chi connectivity index (χ0) is 10.5. The largest absolute Gasteiger partial charge is 0.381 e. The van der Waals surface area contributed by atoms with E-state index in [0.29, 0.717) is 12.5 Å². The molecule has 2 aliphatic heterocycles. The highest BCUT2D eigenvalue weighted by Gasteiger charge is 2.22. The average Bonchev–Trinajstić information content (AvgIpc) is 2.80. The van der Waals surface area contributed by atoms with Crippen molar-refractivity contribution in [2.75, 3.05) is 32.8 Å². The molecule has 2 saturated heterocycles. The molecule has 2 rings (SSSR count). The Balaban J connectivity index is 1.66. The van der Waals surface area contributed by atoms with Gasteiger partial charge in [0.2, 0.25) is 5.91 Å². The Morgan fingerprint density at radius 2 is 2.40 bits per heavy atom. The molecule has 0 aromatic heterocycles. The zero-order valence-corrected chi connectivity index (χ0v) is 9.13. The molecule has 1 amide bonds. The van der Waals surface area contributed by atoms with Crippen LogP contribution in [0.5, 0.6) is 0 Å². The van der Waals surface area contributed by atoms with Crippen LogP contribution in [0.15, 0.2) is 0 Å². The standard InChI is InChI=1S/C11H20N2O2/c14-11(10-2-1-5-15-8-10)13-7-9-3-4-12-6-9/h9-10,12H,1-8H2,(H,13,14). The summed E-state index contributed by atoms with van der Waals surface area (Å²) < 4.78 is 5.30. The van der Waals surface area contributed by atoms with E-state index < -0.39 is 0 Å². The van der Waals surface area contributed by atoms with Crippen molar-refractivity contribution in [3.05, 3.63) is 0 Å². The van der Waals surface area contributed by atoms with Crippen LogP contribution in [0.4, 0.5) is 0 Å². The summed E-state index contributed by atoms with van der Waals surface area (Å²) in [5.41, 5.74) is 0. The van der Waals surface area contributed by atoms with E-state index in [0.717, 1.165) is 39.1 Å². The van der Waals surface area contributed by atoms with Crippen LogP contribution in [0.25, 0.3) is 0 Å². The van der Waals surface area contributed by atoms with Crippen LogP contribution < -0.4 is 10.6 Å². The van der Waals surface area contributed by atoms with E-state index in [9.17, 15) is 4.79 Å². The minimum Gasteiger partial charge on any atom is -0.381 e. The van der Waals surface area contributed by atoms with Crippen molar-refractivity contribution in [3.8, 4) is 0 Å². The molecule has 2 heterocycles. The summed E-state index contributed by atoms with van der Waals surface area (Å²) in [7, 11) is 0. The van der Waals surface area contributed by atoms with Gasteiger partial charge in [-0.3, -0.25) is 4.79 Å². The molecule has 4 heteroatoms. The molecule has 4 nitrogen and oxygen atoms in total. The lowest BCUT2D eigenvalue weighted by molar-refractivity contribution is -0.129. The van der Waals surface area contributed by atoms with Crippen molar-refractivity contribution in [3.63, 3.8) is 0 Å². The highest BCUT2D eigenvalue weighted by molar-refractivity contribution is 5.78. The molecule has 2 unspecified atom stereocenters. The first-order valence-corrected chi connectivity index (χ1v) is 5.92. The second-order valence-corrected chi connectivity index (χ2v) is 4.52. The van der Waals surface area contributed by atoms with Crippen molar-refractivity contribution in [1.29, 1.82) is 0 Å². The molecule has 86 valence electrons. The summed E-state index contributed by atoms with van der Waals surface area (Å²) in [6, 6.07) is 0. The van der Waals surface area contributed by atoms with Crippen LogP contribution in [0.1, 0.15) is 19.3 Å². The lowest BCUT2D eigenvalue weighted by Gasteiger charge is -2.22. The summed E-state index contributed by atoms with van der Waals surface area (Å²) in [5.74, 6) is 0.896. The van der Waals surface area contributed by atoms with Gasteiger partial charge in [-0.05, 0) is 38.3 Å². The Bertz CT molecular complexity index is 209. The van der Waals surface area contributed by atoms with Gasteiger partial charge in [-0.15, -0.1) is 0 Å². The second kappa shape index (κ2) is 5.47. The van der Waals surface area contributed by atoms with E-state index in [1.807, 2.05) is 0 Å². The highest BCUT2D eigenvalue weighted by Crippen LogP contribution is 2.14. The number of carbonyl (C=O) groups excluding carboxylic acids is 1. The first-order chi connectivity index (χ1) is 7.36. The van der Waals surface area contributed by atoms with Crippen LogP contribution >= 0.6 is 0 Å².